The van der Waals surface area contributed by atoms with Gasteiger partial charge in [0.1, 0.15) is 11.5 Å². The lowest BCUT2D eigenvalue weighted by molar-refractivity contribution is 0.412. The highest BCUT2D eigenvalue weighted by Crippen LogP contribution is 2.15. The first-order valence-electron chi connectivity index (χ1n) is 11.6. The number of benzene rings is 1. The number of aryl methyl sites for hydroxylation is 1. The molecule has 3 heterocycles. The highest BCUT2D eigenvalue weighted by molar-refractivity contribution is 7.89. The van der Waals surface area contributed by atoms with E-state index in [1.165, 1.54) is 0 Å². The van der Waals surface area contributed by atoms with E-state index < -0.39 is 10.0 Å². The van der Waals surface area contributed by atoms with Crippen LogP contribution in [0.4, 0.5) is 0 Å². The second-order valence-electron chi connectivity index (χ2n) is 8.70. The van der Waals surface area contributed by atoms with E-state index >= 15 is 0 Å². The summed E-state index contributed by atoms with van der Waals surface area (Å²) in [6, 6.07) is 16.3. The third kappa shape index (κ3) is 6.97. The molecule has 10 heteroatoms. The molecule has 9 nitrogen and oxygen atoms in total. The van der Waals surface area contributed by atoms with E-state index in [1.807, 2.05) is 56.3 Å². The fourth-order valence-corrected chi connectivity index (χ4v) is 4.57. The number of nitrogens with zero attached hydrogens (tertiary/aromatic N) is 6. The highest BCUT2D eigenvalue weighted by Gasteiger charge is 2.14. The van der Waals surface area contributed by atoms with Crippen molar-refractivity contribution in [2.45, 2.75) is 24.7 Å². The molecule has 0 unspecified atom stereocenters. The Kier molecular flexibility index (Phi) is 8.09. The van der Waals surface area contributed by atoms with Gasteiger partial charge < -0.3 is 4.90 Å². The van der Waals surface area contributed by atoms with Crippen LogP contribution in [0.25, 0.3) is 11.5 Å². The van der Waals surface area contributed by atoms with E-state index in [-0.39, 0.29) is 4.90 Å². The van der Waals surface area contributed by atoms with Crippen LogP contribution in [0.3, 0.4) is 0 Å². The van der Waals surface area contributed by atoms with Gasteiger partial charge in [0.15, 0.2) is 5.82 Å². The monoisotopic (exact) mass is 503 g/mol. The van der Waals surface area contributed by atoms with Crippen molar-refractivity contribution in [1.29, 1.82) is 0 Å². The van der Waals surface area contributed by atoms with Crippen LogP contribution >= 0.6 is 0 Å². The molecule has 3 aromatic heterocycles. The van der Waals surface area contributed by atoms with Crippen molar-refractivity contribution < 1.29 is 8.42 Å². The van der Waals surface area contributed by atoms with Crippen molar-refractivity contribution in [1.82, 2.24) is 34.5 Å². The van der Waals surface area contributed by atoms with E-state index in [2.05, 4.69) is 29.6 Å². The Bertz CT molecular complexity index is 1420. The zero-order chi connectivity index (χ0) is 25.5. The lowest BCUT2D eigenvalue weighted by Gasteiger charge is -2.11. The minimum Gasteiger partial charge on any atom is -0.308 e. The number of hydrogen-bond donors (Lipinski definition) is 1. The van der Waals surface area contributed by atoms with Crippen LogP contribution in [-0.2, 0) is 22.9 Å². The number of likely N-dealkylation sites (N-methyl/N-ethyl adjacent to an activating group) is 1. The Hall–Kier alpha value is -3.60. The third-order valence-corrected chi connectivity index (χ3v) is 6.88. The van der Waals surface area contributed by atoms with Crippen LogP contribution < -0.4 is 4.72 Å². The Morgan fingerprint density at radius 2 is 1.56 bits per heavy atom. The van der Waals surface area contributed by atoms with Gasteiger partial charge in [0.2, 0.25) is 10.0 Å². The summed E-state index contributed by atoms with van der Waals surface area (Å²) >= 11 is 0. The van der Waals surface area contributed by atoms with Gasteiger partial charge in [-0.05, 0) is 63.0 Å². The van der Waals surface area contributed by atoms with Gasteiger partial charge in [-0.25, -0.2) is 38.1 Å². The molecule has 0 aliphatic carbocycles. The molecule has 4 aromatic rings. The molecular weight excluding hydrogens is 474 g/mol. The molecule has 0 aliphatic rings. The Morgan fingerprint density at radius 1 is 0.833 bits per heavy atom. The molecule has 0 spiro atoms. The molecule has 0 fully saturated rings. The van der Waals surface area contributed by atoms with E-state index in [4.69, 9.17) is 0 Å². The second-order valence-corrected chi connectivity index (χ2v) is 10.5. The van der Waals surface area contributed by atoms with E-state index in [1.54, 1.807) is 36.7 Å². The maximum atomic E-state index is 12.5. The largest absolute Gasteiger partial charge is 0.308 e. The van der Waals surface area contributed by atoms with Gasteiger partial charge in [-0.15, -0.1) is 0 Å². The van der Waals surface area contributed by atoms with Gasteiger partial charge in [0, 0.05) is 44.0 Å². The minimum atomic E-state index is -3.54. The summed E-state index contributed by atoms with van der Waals surface area (Å²) < 4.78 is 27.5. The standard InChI is InChI=1S/C26H29N7O2S/c1-19-5-4-6-24(30-19)26-28-14-12-22(32-26)18-21-11-13-27-25(31-21)17-20-7-9-23(10-8-20)36(34,35)29-15-16-33(2)3/h4-14,29H,15-18H2,1-3H3. The van der Waals surface area contributed by atoms with Gasteiger partial charge in [-0.3, -0.25) is 0 Å². The van der Waals surface area contributed by atoms with Gasteiger partial charge in [0.05, 0.1) is 16.3 Å². The van der Waals surface area contributed by atoms with Gasteiger partial charge in [0.25, 0.3) is 0 Å². The first-order chi connectivity index (χ1) is 17.3. The topological polar surface area (TPSA) is 114 Å². The molecule has 4 rings (SSSR count). The average molecular weight is 504 g/mol. The number of aromatic nitrogens is 5. The van der Waals surface area contributed by atoms with Crippen LogP contribution in [-0.4, -0.2) is 65.4 Å². The van der Waals surface area contributed by atoms with E-state index in [9.17, 15) is 8.42 Å². The molecule has 36 heavy (non-hydrogen) atoms. The maximum Gasteiger partial charge on any atom is 0.240 e. The zero-order valence-electron chi connectivity index (χ0n) is 20.6. The predicted molar refractivity (Wildman–Crippen MR) is 138 cm³/mol. The quantitative estimate of drug-likeness (QED) is 0.351. The summed E-state index contributed by atoms with van der Waals surface area (Å²) in [5.74, 6) is 1.23. The van der Waals surface area contributed by atoms with Gasteiger partial charge >= 0.3 is 0 Å². The molecule has 0 bridgehead atoms. The summed E-state index contributed by atoms with van der Waals surface area (Å²) in [6.45, 7) is 2.92. The average Bonchev–Trinajstić information content (AvgIpc) is 2.84. The smallest absolute Gasteiger partial charge is 0.240 e. The van der Waals surface area contributed by atoms with Gasteiger partial charge in [-0.1, -0.05) is 18.2 Å². The van der Waals surface area contributed by atoms with Crippen molar-refractivity contribution in [3.8, 4) is 11.5 Å². The number of nitrogens with one attached hydrogen (secondary N) is 1. The van der Waals surface area contributed by atoms with Gasteiger partial charge in [-0.2, -0.15) is 0 Å². The molecule has 186 valence electrons. The zero-order valence-corrected chi connectivity index (χ0v) is 21.4. The fraction of sp³-hybridized carbons (Fsp3) is 0.269. The number of hydrogen-bond acceptors (Lipinski definition) is 8. The number of rotatable bonds is 10. The number of pyridine rings is 1. The lowest BCUT2D eigenvalue weighted by Crippen LogP contribution is -2.31. The molecule has 1 N–H and O–H groups in total. The van der Waals surface area contributed by atoms with Crippen LogP contribution in [0.1, 0.15) is 28.5 Å². The van der Waals surface area contributed by atoms with Crippen molar-refractivity contribution in [2.75, 3.05) is 27.2 Å². The first kappa shape index (κ1) is 25.5. The minimum absolute atomic E-state index is 0.238. The number of sulfonamides is 1. The Morgan fingerprint density at radius 3 is 2.28 bits per heavy atom. The molecular formula is C26H29N7O2S. The first-order valence-corrected chi connectivity index (χ1v) is 13.1. The third-order valence-electron chi connectivity index (χ3n) is 5.40. The van der Waals surface area contributed by atoms with Crippen LogP contribution in [0, 0.1) is 6.92 Å². The van der Waals surface area contributed by atoms with Crippen LogP contribution in [0.5, 0.6) is 0 Å². The lowest BCUT2D eigenvalue weighted by atomic mass is 10.1. The fourth-order valence-electron chi connectivity index (χ4n) is 3.55. The second kappa shape index (κ2) is 11.4. The molecule has 1 aromatic carbocycles. The molecule has 0 aliphatic heterocycles. The van der Waals surface area contributed by atoms with Crippen molar-refractivity contribution in [3.05, 3.63) is 95.5 Å². The summed E-state index contributed by atoms with van der Waals surface area (Å²) in [7, 11) is 0.256. The van der Waals surface area contributed by atoms with Crippen LogP contribution in [0.15, 0.2) is 71.9 Å². The van der Waals surface area contributed by atoms with Crippen LogP contribution in [0.2, 0.25) is 0 Å². The van der Waals surface area contributed by atoms with Crippen molar-refractivity contribution in [3.63, 3.8) is 0 Å². The summed E-state index contributed by atoms with van der Waals surface area (Å²) in [4.78, 5) is 24.8. The normalized spacial score (nSPS) is 11.7. The summed E-state index contributed by atoms with van der Waals surface area (Å²) in [5.41, 5.74) is 4.25. The maximum absolute atomic E-state index is 12.5. The summed E-state index contributed by atoms with van der Waals surface area (Å²) in [6.07, 6.45) is 4.49. The van der Waals surface area contributed by atoms with Crippen molar-refractivity contribution in [2.24, 2.45) is 0 Å². The van der Waals surface area contributed by atoms with Crippen molar-refractivity contribution >= 4 is 10.0 Å². The molecule has 0 atom stereocenters. The van der Waals surface area contributed by atoms with E-state index in [0.717, 1.165) is 28.3 Å². The highest BCUT2D eigenvalue weighted by atomic mass is 32.2. The predicted octanol–water partition coefficient (Wildman–Crippen LogP) is 2.66. The molecule has 0 radical (unpaired) electrons. The Balaban J connectivity index is 1.42. The van der Waals surface area contributed by atoms with E-state index in [0.29, 0.717) is 37.6 Å². The Labute approximate surface area is 211 Å². The molecule has 0 saturated heterocycles. The SMILES string of the molecule is Cc1cccc(-c2nccc(Cc3ccnc(Cc4ccc(S(=O)(=O)NCCN(C)C)cc4)n3)n2)n1. The molecule has 0 saturated carbocycles. The summed E-state index contributed by atoms with van der Waals surface area (Å²) in [5, 5.41) is 0. The molecule has 0 amide bonds.